The fourth-order valence-corrected chi connectivity index (χ4v) is 3.17. The molecule has 2 aliphatic rings. The van der Waals surface area contributed by atoms with Gasteiger partial charge in [-0.3, -0.25) is 4.79 Å². The Bertz CT molecular complexity index is 272. The van der Waals surface area contributed by atoms with Gasteiger partial charge in [-0.2, -0.15) is 0 Å². The summed E-state index contributed by atoms with van der Waals surface area (Å²) < 4.78 is 0. The number of hydrogen-bond acceptors (Lipinski definition) is 2. The van der Waals surface area contributed by atoms with Gasteiger partial charge in [0.2, 0.25) is 5.91 Å². The number of carbonyl (C=O) groups is 1. The lowest BCUT2D eigenvalue weighted by atomic mass is 9.94. The van der Waals surface area contributed by atoms with Crippen molar-refractivity contribution in [2.45, 2.75) is 70.9 Å². The van der Waals surface area contributed by atoms with Crippen molar-refractivity contribution in [2.75, 3.05) is 6.54 Å². The van der Waals surface area contributed by atoms with Crippen LogP contribution in [0.5, 0.6) is 0 Å². The van der Waals surface area contributed by atoms with E-state index in [0.29, 0.717) is 12.1 Å². The third-order valence-corrected chi connectivity index (χ3v) is 4.64. The first kappa shape index (κ1) is 13.9. The summed E-state index contributed by atoms with van der Waals surface area (Å²) in [5, 5.41) is 6.69. The van der Waals surface area contributed by atoms with Gasteiger partial charge < -0.3 is 10.6 Å². The molecular weight excluding hydrogens is 224 g/mol. The molecule has 3 nitrogen and oxygen atoms in total. The van der Waals surface area contributed by atoms with Crippen molar-refractivity contribution in [1.29, 1.82) is 0 Å². The second-order valence-corrected chi connectivity index (χ2v) is 6.40. The lowest BCUT2D eigenvalue weighted by Gasteiger charge is -2.28. The van der Waals surface area contributed by atoms with E-state index in [2.05, 4.69) is 24.5 Å². The van der Waals surface area contributed by atoms with E-state index in [0.717, 1.165) is 25.3 Å². The van der Waals surface area contributed by atoms with E-state index in [4.69, 9.17) is 0 Å². The van der Waals surface area contributed by atoms with Crippen LogP contribution in [0.1, 0.15) is 58.8 Å². The van der Waals surface area contributed by atoms with Gasteiger partial charge in [-0.15, -0.1) is 0 Å². The van der Waals surface area contributed by atoms with E-state index >= 15 is 0 Å². The lowest BCUT2D eigenvalue weighted by Crippen LogP contribution is -2.46. The van der Waals surface area contributed by atoms with Crippen LogP contribution in [-0.4, -0.2) is 24.5 Å². The zero-order valence-corrected chi connectivity index (χ0v) is 11.9. The second-order valence-electron chi connectivity index (χ2n) is 6.40. The number of piperidine rings is 1. The molecule has 0 radical (unpaired) electrons. The van der Waals surface area contributed by atoms with Gasteiger partial charge in [-0.1, -0.05) is 19.8 Å². The highest BCUT2D eigenvalue weighted by Gasteiger charge is 2.26. The summed E-state index contributed by atoms with van der Waals surface area (Å²) in [5.41, 5.74) is 0. The molecule has 3 heteroatoms. The van der Waals surface area contributed by atoms with Crippen LogP contribution in [0.25, 0.3) is 0 Å². The zero-order valence-electron chi connectivity index (χ0n) is 11.9. The van der Waals surface area contributed by atoms with E-state index in [1.807, 2.05) is 0 Å². The molecular formula is C15H28N2O. The van der Waals surface area contributed by atoms with Crippen molar-refractivity contribution in [3.05, 3.63) is 0 Å². The molecule has 2 N–H and O–H groups in total. The zero-order chi connectivity index (χ0) is 13.0. The highest BCUT2D eigenvalue weighted by atomic mass is 16.2. The van der Waals surface area contributed by atoms with Crippen LogP contribution in [0.15, 0.2) is 0 Å². The average molecular weight is 252 g/mol. The molecule has 4 unspecified atom stereocenters. The van der Waals surface area contributed by atoms with E-state index < -0.39 is 0 Å². The Morgan fingerprint density at radius 2 is 1.89 bits per heavy atom. The Morgan fingerprint density at radius 3 is 2.61 bits per heavy atom. The van der Waals surface area contributed by atoms with E-state index in [-0.39, 0.29) is 11.8 Å². The fraction of sp³-hybridized carbons (Fsp3) is 0.933. The van der Waals surface area contributed by atoms with Crippen molar-refractivity contribution in [3.8, 4) is 0 Å². The summed E-state index contributed by atoms with van der Waals surface area (Å²) in [5.74, 6) is 1.32. The normalized spacial score (nSPS) is 37.9. The number of amides is 1. The quantitative estimate of drug-likeness (QED) is 0.741. The molecule has 1 heterocycles. The molecule has 1 saturated carbocycles. The second kappa shape index (κ2) is 6.55. The van der Waals surface area contributed by atoms with Gasteiger partial charge in [-0.25, -0.2) is 0 Å². The monoisotopic (exact) mass is 252 g/mol. The molecule has 0 aromatic rings. The highest BCUT2D eigenvalue weighted by molar-refractivity contribution is 5.79. The van der Waals surface area contributed by atoms with Crippen molar-refractivity contribution >= 4 is 5.91 Å². The third-order valence-electron chi connectivity index (χ3n) is 4.64. The minimum Gasteiger partial charge on any atom is -0.353 e. The van der Waals surface area contributed by atoms with Crippen LogP contribution < -0.4 is 10.6 Å². The van der Waals surface area contributed by atoms with Crippen LogP contribution in [0.2, 0.25) is 0 Å². The van der Waals surface area contributed by atoms with Gasteiger partial charge in [0.25, 0.3) is 0 Å². The van der Waals surface area contributed by atoms with Crippen LogP contribution in [0.4, 0.5) is 0 Å². The Hall–Kier alpha value is -0.570. The Balaban J connectivity index is 1.76. The fourth-order valence-electron chi connectivity index (χ4n) is 3.17. The number of hydrogen-bond donors (Lipinski definition) is 2. The van der Waals surface area contributed by atoms with Gasteiger partial charge >= 0.3 is 0 Å². The molecule has 2 fully saturated rings. The SMILES string of the molecule is CC1CCCC(NC(=O)C2CCC(C)NC2)CC1. The molecule has 0 aromatic heterocycles. The molecule has 0 spiro atoms. The Morgan fingerprint density at radius 1 is 1.06 bits per heavy atom. The number of rotatable bonds is 2. The molecule has 1 aliphatic heterocycles. The molecule has 4 atom stereocenters. The summed E-state index contributed by atoms with van der Waals surface area (Å²) in [6.07, 6.45) is 8.38. The maximum absolute atomic E-state index is 12.2. The molecule has 1 aliphatic carbocycles. The summed E-state index contributed by atoms with van der Waals surface area (Å²) in [4.78, 5) is 12.2. The molecule has 18 heavy (non-hydrogen) atoms. The maximum Gasteiger partial charge on any atom is 0.224 e. The van der Waals surface area contributed by atoms with E-state index in [9.17, 15) is 4.79 Å². The summed E-state index contributed by atoms with van der Waals surface area (Å²) in [6.45, 7) is 5.38. The summed E-state index contributed by atoms with van der Waals surface area (Å²) in [6, 6.07) is 1.01. The Kier molecular flexibility index (Phi) is 5.04. The molecule has 0 aromatic carbocycles. The maximum atomic E-state index is 12.2. The lowest BCUT2D eigenvalue weighted by molar-refractivity contribution is -0.126. The Labute approximate surface area is 111 Å². The van der Waals surface area contributed by atoms with Crippen LogP contribution in [0.3, 0.4) is 0 Å². The number of carbonyl (C=O) groups excluding carboxylic acids is 1. The minimum absolute atomic E-state index is 0.196. The smallest absolute Gasteiger partial charge is 0.224 e. The van der Waals surface area contributed by atoms with Crippen molar-refractivity contribution in [1.82, 2.24) is 10.6 Å². The minimum atomic E-state index is 0.196. The van der Waals surface area contributed by atoms with E-state index in [1.54, 1.807) is 0 Å². The molecule has 0 bridgehead atoms. The van der Waals surface area contributed by atoms with Gasteiger partial charge in [0.05, 0.1) is 5.92 Å². The standard InChI is InChI=1S/C15H28N2O/c1-11-4-3-5-14(9-6-11)17-15(18)13-8-7-12(2)16-10-13/h11-14,16H,3-10H2,1-2H3,(H,17,18). The first-order valence-electron chi connectivity index (χ1n) is 7.69. The van der Waals surface area contributed by atoms with Gasteiger partial charge in [0.15, 0.2) is 0 Å². The first-order valence-corrected chi connectivity index (χ1v) is 7.69. The molecule has 2 rings (SSSR count). The van der Waals surface area contributed by atoms with Crippen LogP contribution >= 0.6 is 0 Å². The molecule has 1 saturated heterocycles. The predicted molar refractivity (Wildman–Crippen MR) is 74.4 cm³/mol. The molecule has 1 amide bonds. The highest BCUT2D eigenvalue weighted by Crippen LogP contribution is 2.23. The predicted octanol–water partition coefficient (Wildman–Crippen LogP) is 2.46. The topological polar surface area (TPSA) is 41.1 Å². The van der Waals surface area contributed by atoms with Gasteiger partial charge in [0.1, 0.15) is 0 Å². The van der Waals surface area contributed by atoms with Crippen molar-refractivity contribution in [3.63, 3.8) is 0 Å². The first-order chi connectivity index (χ1) is 8.65. The third kappa shape index (κ3) is 3.98. The van der Waals surface area contributed by atoms with Crippen molar-refractivity contribution < 1.29 is 4.79 Å². The van der Waals surface area contributed by atoms with Gasteiger partial charge in [-0.05, 0) is 44.9 Å². The molecule has 104 valence electrons. The summed E-state index contributed by atoms with van der Waals surface area (Å²) in [7, 11) is 0. The van der Waals surface area contributed by atoms with Gasteiger partial charge in [0, 0.05) is 18.6 Å². The van der Waals surface area contributed by atoms with Crippen LogP contribution in [-0.2, 0) is 4.79 Å². The largest absolute Gasteiger partial charge is 0.353 e. The van der Waals surface area contributed by atoms with Crippen molar-refractivity contribution in [2.24, 2.45) is 11.8 Å². The summed E-state index contributed by atoms with van der Waals surface area (Å²) >= 11 is 0. The van der Waals surface area contributed by atoms with Crippen LogP contribution in [0, 0.1) is 11.8 Å². The number of nitrogens with one attached hydrogen (secondary N) is 2. The van der Waals surface area contributed by atoms with E-state index in [1.165, 1.54) is 32.1 Å². The average Bonchev–Trinajstić information content (AvgIpc) is 2.55.